The Morgan fingerprint density at radius 2 is 2.00 bits per heavy atom. The highest BCUT2D eigenvalue weighted by Crippen LogP contribution is 2.33. The van der Waals surface area contributed by atoms with E-state index in [0.717, 1.165) is 23.2 Å². The van der Waals surface area contributed by atoms with Crippen LogP contribution in [0.15, 0.2) is 48.7 Å². The van der Waals surface area contributed by atoms with Gasteiger partial charge in [-0.2, -0.15) is 18.3 Å². The Kier molecular flexibility index (Phi) is 6.03. The fraction of sp³-hybridized carbons (Fsp3) is 0.227. The van der Waals surface area contributed by atoms with Crippen LogP contribution < -0.4 is 15.0 Å². The topological polar surface area (TPSA) is 76.5 Å². The first-order chi connectivity index (χ1) is 15.7. The molecule has 11 heteroatoms. The molecule has 1 saturated heterocycles. The summed E-state index contributed by atoms with van der Waals surface area (Å²) >= 11 is 6.32. The SMILES string of the molecule is COc1cn(-c2cccc(C(F)(F)F)c2)nc1C(=O)Nc1ccc(N2CCCC2=O)c(Cl)c1. The lowest BCUT2D eigenvalue weighted by atomic mass is 10.2. The second-order valence-corrected chi connectivity index (χ2v) is 7.72. The Labute approximate surface area is 191 Å². The number of carbonyl (C=O) groups excluding carboxylic acids is 2. The number of nitrogens with zero attached hydrogens (tertiary/aromatic N) is 3. The molecule has 2 heterocycles. The molecule has 2 amide bonds. The van der Waals surface area contributed by atoms with Gasteiger partial charge in [0, 0.05) is 18.7 Å². The molecule has 7 nitrogen and oxygen atoms in total. The van der Waals surface area contributed by atoms with Crippen molar-refractivity contribution in [2.24, 2.45) is 0 Å². The number of benzene rings is 2. The van der Waals surface area contributed by atoms with Gasteiger partial charge in [0.25, 0.3) is 5.91 Å². The molecule has 0 saturated carbocycles. The van der Waals surface area contributed by atoms with Crippen molar-refractivity contribution in [3.8, 4) is 11.4 Å². The van der Waals surface area contributed by atoms with Crippen molar-refractivity contribution in [1.29, 1.82) is 0 Å². The third kappa shape index (κ3) is 4.65. The number of hydrogen-bond donors (Lipinski definition) is 1. The van der Waals surface area contributed by atoms with Crippen LogP contribution in [0.3, 0.4) is 0 Å². The summed E-state index contributed by atoms with van der Waals surface area (Å²) in [5, 5.41) is 7.05. The van der Waals surface area contributed by atoms with Crippen molar-refractivity contribution < 1.29 is 27.5 Å². The number of carbonyl (C=O) groups is 2. The molecule has 1 fully saturated rings. The Morgan fingerprint density at radius 1 is 1.21 bits per heavy atom. The molecule has 0 bridgehead atoms. The third-order valence-electron chi connectivity index (χ3n) is 5.12. The Bertz CT molecular complexity index is 1230. The van der Waals surface area contributed by atoms with Gasteiger partial charge in [-0.25, -0.2) is 4.68 Å². The Hall–Kier alpha value is -3.53. The van der Waals surface area contributed by atoms with E-state index in [-0.39, 0.29) is 23.0 Å². The lowest BCUT2D eigenvalue weighted by molar-refractivity contribution is -0.137. The van der Waals surface area contributed by atoms with E-state index in [0.29, 0.717) is 29.4 Å². The number of rotatable bonds is 5. The summed E-state index contributed by atoms with van der Waals surface area (Å²) in [6.45, 7) is 0.578. The lowest BCUT2D eigenvalue weighted by Gasteiger charge is -2.18. The number of aromatic nitrogens is 2. The van der Waals surface area contributed by atoms with Crippen LogP contribution >= 0.6 is 11.6 Å². The highest BCUT2D eigenvalue weighted by Gasteiger charge is 2.31. The molecule has 2 aromatic carbocycles. The van der Waals surface area contributed by atoms with Gasteiger partial charge in [-0.15, -0.1) is 0 Å². The molecule has 4 rings (SSSR count). The van der Waals surface area contributed by atoms with Crippen molar-refractivity contribution in [3.05, 3.63) is 64.9 Å². The van der Waals surface area contributed by atoms with Gasteiger partial charge in [-0.1, -0.05) is 17.7 Å². The van der Waals surface area contributed by atoms with Gasteiger partial charge in [-0.3, -0.25) is 9.59 Å². The fourth-order valence-corrected chi connectivity index (χ4v) is 3.80. The number of anilines is 2. The van der Waals surface area contributed by atoms with Crippen LogP contribution in [0.4, 0.5) is 24.5 Å². The molecule has 0 atom stereocenters. The third-order valence-corrected chi connectivity index (χ3v) is 5.43. The van der Waals surface area contributed by atoms with Crippen molar-refractivity contribution in [2.75, 3.05) is 23.9 Å². The summed E-state index contributed by atoms with van der Waals surface area (Å²) in [6, 6.07) is 9.30. The standard InChI is InChI=1S/C22H18ClF3N4O3/c1-33-18-12-30(15-5-2-4-13(10-15)22(24,25)26)28-20(18)21(32)27-14-7-8-17(16(23)11-14)29-9-3-6-19(29)31/h2,4-5,7-8,10-12H,3,6,9H2,1H3,(H,27,32). The zero-order chi connectivity index (χ0) is 23.8. The van der Waals surface area contributed by atoms with Crippen molar-refractivity contribution in [3.63, 3.8) is 0 Å². The summed E-state index contributed by atoms with van der Waals surface area (Å²) in [5.74, 6) is -0.576. The number of hydrogen-bond acceptors (Lipinski definition) is 4. The van der Waals surface area contributed by atoms with Gasteiger partial charge in [0.2, 0.25) is 5.91 Å². The summed E-state index contributed by atoms with van der Waals surface area (Å²) in [6.07, 6.45) is -1.98. The molecule has 0 radical (unpaired) electrons. The number of halogens is 4. The minimum atomic E-state index is -4.52. The van der Waals surface area contributed by atoms with Crippen LogP contribution in [-0.2, 0) is 11.0 Å². The highest BCUT2D eigenvalue weighted by molar-refractivity contribution is 6.34. The molecule has 33 heavy (non-hydrogen) atoms. The summed E-state index contributed by atoms with van der Waals surface area (Å²) in [4.78, 5) is 26.4. The number of nitrogens with one attached hydrogen (secondary N) is 1. The van der Waals surface area contributed by atoms with Crippen molar-refractivity contribution in [1.82, 2.24) is 9.78 Å². The van der Waals surface area contributed by atoms with E-state index in [9.17, 15) is 22.8 Å². The van der Waals surface area contributed by atoms with Gasteiger partial charge in [0.1, 0.15) is 0 Å². The molecule has 3 aromatic rings. The Morgan fingerprint density at radius 3 is 2.64 bits per heavy atom. The maximum atomic E-state index is 13.0. The molecule has 1 N–H and O–H groups in total. The van der Waals surface area contributed by atoms with Gasteiger partial charge < -0.3 is 15.0 Å². The first-order valence-corrected chi connectivity index (χ1v) is 10.3. The maximum absolute atomic E-state index is 13.0. The van der Waals surface area contributed by atoms with Crippen molar-refractivity contribution in [2.45, 2.75) is 19.0 Å². The number of methoxy groups -OCH3 is 1. The number of amides is 2. The van der Waals surface area contributed by atoms with Crippen LogP contribution in [0.5, 0.6) is 5.75 Å². The first-order valence-electron chi connectivity index (χ1n) is 9.90. The predicted molar refractivity (Wildman–Crippen MR) is 116 cm³/mol. The van der Waals surface area contributed by atoms with E-state index >= 15 is 0 Å². The zero-order valence-electron chi connectivity index (χ0n) is 17.3. The maximum Gasteiger partial charge on any atom is 0.416 e. The second-order valence-electron chi connectivity index (χ2n) is 7.31. The van der Waals surface area contributed by atoms with E-state index in [2.05, 4.69) is 10.4 Å². The first kappa shape index (κ1) is 22.7. The van der Waals surface area contributed by atoms with Crippen molar-refractivity contribution >= 4 is 34.8 Å². The summed E-state index contributed by atoms with van der Waals surface area (Å²) in [5.41, 5.74) is 0.0704. The van der Waals surface area contributed by atoms with E-state index < -0.39 is 17.6 Å². The minimum Gasteiger partial charge on any atom is -0.493 e. The molecular weight excluding hydrogens is 461 g/mol. The average molecular weight is 479 g/mol. The smallest absolute Gasteiger partial charge is 0.416 e. The molecule has 0 aliphatic carbocycles. The lowest BCUT2D eigenvalue weighted by Crippen LogP contribution is -2.24. The summed E-state index contributed by atoms with van der Waals surface area (Å²) < 4.78 is 45.4. The van der Waals surface area contributed by atoms with E-state index in [1.54, 1.807) is 17.0 Å². The molecule has 0 spiro atoms. The van der Waals surface area contributed by atoms with Crippen LogP contribution in [0, 0.1) is 0 Å². The zero-order valence-corrected chi connectivity index (χ0v) is 18.1. The van der Waals surface area contributed by atoms with Gasteiger partial charge in [0.15, 0.2) is 11.4 Å². The van der Waals surface area contributed by atoms with Crippen LogP contribution in [0.25, 0.3) is 5.69 Å². The molecular formula is C22H18ClF3N4O3. The van der Waals surface area contributed by atoms with Crippen LogP contribution in [0.2, 0.25) is 5.02 Å². The molecule has 1 aromatic heterocycles. The van der Waals surface area contributed by atoms with Gasteiger partial charge >= 0.3 is 6.18 Å². The largest absolute Gasteiger partial charge is 0.493 e. The molecule has 1 aliphatic rings. The van der Waals surface area contributed by atoms with Gasteiger partial charge in [0.05, 0.1) is 35.3 Å². The Balaban J connectivity index is 1.57. The highest BCUT2D eigenvalue weighted by atomic mass is 35.5. The quantitative estimate of drug-likeness (QED) is 0.564. The van der Waals surface area contributed by atoms with Crippen LogP contribution in [-0.4, -0.2) is 35.2 Å². The second kappa shape index (κ2) is 8.78. The number of alkyl halides is 3. The predicted octanol–water partition coefficient (Wildman–Crippen LogP) is 4.93. The normalized spacial score (nSPS) is 14.0. The minimum absolute atomic E-state index is 0.0152. The molecule has 172 valence electrons. The van der Waals surface area contributed by atoms with Crippen LogP contribution in [0.1, 0.15) is 28.9 Å². The van der Waals surface area contributed by atoms with E-state index in [4.69, 9.17) is 16.3 Å². The number of ether oxygens (including phenoxy) is 1. The average Bonchev–Trinajstić information content (AvgIpc) is 3.40. The van der Waals surface area contributed by atoms with Gasteiger partial charge in [-0.05, 0) is 42.8 Å². The molecule has 1 aliphatic heterocycles. The van der Waals surface area contributed by atoms with E-state index in [1.807, 2.05) is 0 Å². The molecule has 0 unspecified atom stereocenters. The summed E-state index contributed by atoms with van der Waals surface area (Å²) in [7, 11) is 1.32. The monoisotopic (exact) mass is 478 g/mol. The van der Waals surface area contributed by atoms with E-state index in [1.165, 1.54) is 31.5 Å². The fourth-order valence-electron chi connectivity index (χ4n) is 3.52.